The molecule has 1 aromatic heterocycles. The van der Waals surface area contributed by atoms with Crippen molar-refractivity contribution in [2.24, 2.45) is 0 Å². The molecule has 6 nitrogen and oxygen atoms in total. The fraction of sp³-hybridized carbons (Fsp3) is 0.333. The van der Waals surface area contributed by atoms with Crippen molar-refractivity contribution < 1.29 is 19.1 Å². The highest BCUT2D eigenvalue weighted by Gasteiger charge is 2.28. The third kappa shape index (κ3) is 4.69. The van der Waals surface area contributed by atoms with Gasteiger partial charge in [-0.15, -0.1) is 0 Å². The van der Waals surface area contributed by atoms with Gasteiger partial charge in [0.2, 0.25) is 0 Å². The summed E-state index contributed by atoms with van der Waals surface area (Å²) in [4.78, 5) is 24.5. The van der Waals surface area contributed by atoms with Gasteiger partial charge >= 0.3 is 12.1 Å². The van der Waals surface area contributed by atoms with Crippen molar-refractivity contribution in [3.63, 3.8) is 0 Å². The Kier molecular flexibility index (Phi) is 6.47. The van der Waals surface area contributed by atoms with E-state index in [0.29, 0.717) is 18.1 Å². The number of carbonyl (C=O) groups excluding carboxylic acids is 2. The van der Waals surface area contributed by atoms with E-state index in [-0.39, 0.29) is 25.2 Å². The molecule has 0 saturated carbocycles. The molecular formula is C24H25ClN2O4. The van der Waals surface area contributed by atoms with Gasteiger partial charge in [-0.1, -0.05) is 54.1 Å². The second-order valence-electron chi connectivity index (χ2n) is 7.60. The Morgan fingerprint density at radius 2 is 1.94 bits per heavy atom. The number of halogens is 1. The minimum atomic E-state index is -0.425. The summed E-state index contributed by atoms with van der Waals surface area (Å²) in [7, 11) is 0. The average molecular weight is 441 g/mol. The predicted molar refractivity (Wildman–Crippen MR) is 119 cm³/mol. The molecule has 3 aromatic rings. The summed E-state index contributed by atoms with van der Waals surface area (Å²) in [5, 5.41) is 4.59. The van der Waals surface area contributed by atoms with Gasteiger partial charge in [-0.25, -0.2) is 4.79 Å². The highest BCUT2D eigenvalue weighted by Crippen LogP contribution is 2.35. The standard InChI is InChI=1S/C24H25ClN2O4/c1-2-30-22(28)14-27-21-12-11-17(13-19(21)18-9-6-10-20(25)23(18)27)26-24(29)31-15-16-7-4-3-5-8-16/h3-10,17H,2,11-15H2,1H3,(H,26,29)/t17-/m1/s1. The summed E-state index contributed by atoms with van der Waals surface area (Å²) < 4.78 is 12.5. The van der Waals surface area contributed by atoms with Gasteiger partial charge in [0.25, 0.3) is 0 Å². The first-order valence-electron chi connectivity index (χ1n) is 10.5. The van der Waals surface area contributed by atoms with E-state index in [1.165, 1.54) is 0 Å². The summed E-state index contributed by atoms with van der Waals surface area (Å²) in [6.07, 6.45) is 1.71. The zero-order valence-corrected chi connectivity index (χ0v) is 18.2. The summed E-state index contributed by atoms with van der Waals surface area (Å²) in [5.74, 6) is -0.285. The van der Waals surface area contributed by atoms with Gasteiger partial charge in [0, 0.05) is 17.1 Å². The number of hydrogen-bond acceptors (Lipinski definition) is 4. The fourth-order valence-electron chi connectivity index (χ4n) is 4.22. The van der Waals surface area contributed by atoms with Crippen LogP contribution >= 0.6 is 11.6 Å². The number of carbonyl (C=O) groups is 2. The number of amides is 1. The van der Waals surface area contributed by atoms with Crippen LogP contribution in [0.4, 0.5) is 4.79 Å². The molecule has 0 bridgehead atoms. The SMILES string of the molecule is CCOC(=O)Cn1c2c(c3cccc(Cl)c31)C[C@H](NC(=O)OCc1ccccc1)CC2. The molecule has 0 saturated heterocycles. The number of aromatic nitrogens is 1. The lowest BCUT2D eigenvalue weighted by Gasteiger charge is -2.24. The Hall–Kier alpha value is -2.99. The van der Waals surface area contributed by atoms with Crippen LogP contribution in [0.5, 0.6) is 0 Å². The molecule has 162 valence electrons. The van der Waals surface area contributed by atoms with E-state index in [1.807, 2.05) is 53.1 Å². The Bertz CT molecular complexity index is 1090. The summed E-state index contributed by atoms with van der Waals surface area (Å²) in [6, 6.07) is 15.3. The smallest absolute Gasteiger partial charge is 0.407 e. The molecule has 4 rings (SSSR count). The number of alkyl carbamates (subject to hydrolysis) is 1. The largest absolute Gasteiger partial charge is 0.465 e. The lowest BCUT2D eigenvalue weighted by Crippen LogP contribution is -2.39. The molecule has 0 aliphatic heterocycles. The second kappa shape index (κ2) is 9.43. The van der Waals surface area contributed by atoms with Crippen LogP contribution in [0, 0.1) is 0 Å². The quantitative estimate of drug-likeness (QED) is 0.567. The van der Waals surface area contributed by atoms with Gasteiger partial charge in [0.15, 0.2) is 0 Å². The van der Waals surface area contributed by atoms with Crippen LogP contribution in [-0.2, 0) is 40.3 Å². The molecule has 0 unspecified atom stereocenters. The van der Waals surface area contributed by atoms with Crippen LogP contribution in [0.25, 0.3) is 10.9 Å². The van der Waals surface area contributed by atoms with Crippen molar-refractivity contribution >= 4 is 34.6 Å². The predicted octanol–water partition coefficient (Wildman–Crippen LogP) is 4.64. The zero-order valence-electron chi connectivity index (χ0n) is 17.4. The van der Waals surface area contributed by atoms with Crippen molar-refractivity contribution in [3.8, 4) is 0 Å². The number of benzene rings is 2. The highest BCUT2D eigenvalue weighted by atomic mass is 35.5. The second-order valence-corrected chi connectivity index (χ2v) is 8.01. The minimum absolute atomic E-state index is 0.0450. The number of para-hydroxylation sites is 1. The molecule has 0 spiro atoms. The van der Waals surface area contributed by atoms with E-state index in [2.05, 4.69) is 5.32 Å². The Balaban J connectivity index is 1.51. The lowest BCUT2D eigenvalue weighted by atomic mass is 9.91. The van der Waals surface area contributed by atoms with E-state index in [4.69, 9.17) is 21.1 Å². The first kappa shape index (κ1) is 21.2. The van der Waals surface area contributed by atoms with Crippen molar-refractivity contribution in [1.29, 1.82) is 0 Å². The van der Waals surface area contributed by atoms with Gasteiger partial charge in [-0.3, -0.25) is 4.79 Å². The molecule has 1 heterocycles. The maximum absolute atomic E-state index is 12.3. The Morgan fingerprint density at radius 1 is 1.13 bits per heavy atom. The Morgan fingerprint density at radius 3 is 2.71 bits per heavy atom. The maximum Gasteiger partial charge on any atom is 0.407 e. The van der Waals surface area contributed by atoms with Crippen LogP contribution in [-0.4, -0.2) is 29.3 Å². The van der Waals surface area contributed by atoms with Crippen molar-refractivity contribution in [2.75, 3.05) is 6.61 Å². The van der Waals surface area contributed by atoms with Gasteiger partial charge in [-0.2, -0.15) is 0 Å². The zero-order chi connectivity index (χ0) is 21.8. The van der Waals surface area contributed by atoms with Crippen molar-refractivity contribution in [2.45, 2.75) is 45.4 Å². The molecular weight excluding hydrogens is 416 g/mol. The molecule has 0 fully saturated rings. The number of esters is 1. The van der Waals surface area contributed by atoms with Gasteiger partial charge in [-0.05, 0) is 43.4 Å². The molecule has 1 aliphatic carbocycles. The normalized spacial score (nSPS) is 15.4. The molecule has 2 aromatic carbocycles. The number of nitrogens with one attached hydrogen (secondary N) is 1. The van der Waals surface area contributed by atoms with E-state index in [0.717, 1.165) is 40.6 Å². The van der Waals surface area contributed by atoms with E-state index >= 15 is 0 Å². The number of rotatable bonds is 6. The van der Waals surface area contributed by atoms with Crippen LogP contribution in [0.2, 0.25) is 5.02 Å². The number of nitrogens with zero attached hydrogens (tertiary/aromatic N) is 1. The summed E-state index contributed by atoms with van der Waals surface area (Å²) in [5.41, 5.74) is 3.98. The summed E-state index contributed by atoms with van der Waals surface area (Å²) >= 11 is 6.50. The molecule has 7 heteroatoms. The lowest BCUT2D eigenvalue weighted by molar-refractivity contribution is -0.143. The maximum atomic E-state index is 12.3. The molecule has 1 amide bonds. The molecule has 0 radical (unpaired) electrons. The Labute approximate surface area is 186 Å². The topological polar surface area (TPSA) is 69.6 Å². The van der Waals surface area contributed by atoms with Crippen LogP contribution in [0.15, 0.2) is 48.5 Å². The van der Waals surface area contributed by atoms with Crippen molar-refractivity contribution in [3.05, 3.63) is 70.4 Å². The first-order chi connectivity index (χ1) is 15.1. The van der Waals surface area contributed by atoms with Gasteiger partial charge in [0.1, 0.15) is 13.2 Å². The molecule has 31 heavy (non-hydrogen) atoms. The molecule has 1 aliphatic rings. The third-order valence-corrected chi connectivity index (χ3v) is 5.87. The van der Waals surface area contributed by atoms with E-state index < -0.39 is 6.09 Å². The fourth-order valence-corrected chi connectivity index (χ4v) is 4.50. The van der Waals surface area contributed by atoms with Gasteiger partial charge in [0.05, 0.1) is 17.1 Å². The highest BCUT2D eigenvalue weighted by molar-refractivity contribution is 6.35. The van der Waals surface area contributed by atoms with E-state index in [1.54, 1.807) is 6.92 Å². The van der Waals surface area contributed by atoms with Gasteiger partial charge < -0.3 is 19.4 Å². The minimum Gasteiger partial charge on any atom is -0.465 e. The van der Waals surface area contributed by atoms with E-state index in [9.17, 15) is 9.59 Å². The number of hydrogen-bond donors (Lipinski definition) is 1. The van der Waals surface area contributed by atoms with Crippen molar-refractivity contribution in [1.82, 2.24) is 9.88 Å². The van der Waals surface area contributed by atoms with Crippen LogP contribution in [0.1, 0.15) is 30.2 Å². The van der Waals surface area contributed by atoms with Crippen LogP contribution in [0.3, 0.4) is 0 Å². The summed E-state index contributed by atoms with van der Waals surface area (Å²) in [6.45, 7) is 2.49. The molecule has 1 atom stereocenters. The van der Waals surface area contributed by atoms with Crippen LogP contribution < -0.4 is 5.32 Å². The number of fused-ring (bicyclic) bond motifs is 3. The number of ether oxygens (including phenoxy) is 2. The molecule has 1 N–H and O–H groups in total. The average Bonchev–Trinajstić information content (AvgIpc) is 3.07. The first-order valence-corrected chi connectivity index (χ1v) is 10.9. The third-order valence-electron chi connectivity index (χ3n) is 5.56. The monoisotopic (exact) mass is 440 g/mol.